The monoisotopic (exact) mass is 481 g/mol. The third kappa shape index (κ3) is 4.39. The Morgan fingerprint density at radius 1 is 1.13 bits per heavy atom. The van der Waals surface area contributed by atoms with Crippen LogP contribution in [0.2, 0.25) is 0 Å². The molecule has 1 aromatic heterocycles. The number of esters is 1. The van der Waals surface area contributed by atoms with Crippen LogP contribution in [0.4, 0.5) is 4.79 Å². The molecule has 1 N–H and O–H groups in total. The van der Waals surface area contributed by atoms with Crippen molar-refractivity contribution in [3.63, 3.8) is 0 Å². The van der Waals surface area contributed by atoms with Crippen LogP contribution < -0.4 is 5.32 Å². The molecule has 158 valence electrons. The Labute approximate surface area is 187 Å². The number of fused-ring (bicyclic) bond motifs is 1. The van der Waals surface area contributed by atoms with Crippen molar-refractivity contribution in [3.05, 3.63) is 76.0 Å². The molecule has 31 heavy (non-hydrogen) atoms. The van der Waals surface area contributed by atoms with E-state index in [1.165, 1.54) is 4.90 Å². The third-order valence-electron chi connectivity index (χ3n) is 4.94. The lowest BCUT2D eigenvalue weighted by atomic mass is 10.1. The zero-order valence-corrected chi connectivity index (χ0v) is 18.4. The first-order valence-corrected chi connectivity index (χ1v) is 10.6. The number of rotatable bonds is 6. The lowest BCUT2D eigenvalue weighted by Gasteiger charge is -2.11. The van der Waals surface area contributed by atoms with Gasteiger partial charge in [0.1, 0.15) is 12.2 Å². The zero-order chi connectivity index (χ0) is 22.0. The molecule has 0 unspecified atom stereocenters. The first-order valence-electron chi connectivity index (χ1n) is 9.78. The third-order valence-corrected chi connectivity index (χ3v) is 5.47. The topological polar surface area (TPSA) is 80.6 Å². The van der Waals surface area contributed by atoms with E-state index in [4.69, 9.17) is 4.74 Å². The molecule has 1 aliphatic rings. The van der Waals surface area contributed by atoms with Crippen LogP contribution in [0.1, 0.15) is 18.1 Å². The predicted octanol–water partition coefficient (Wildman–Crippen LogP) is 4.06. The number of nitrogens with zero attached hydrogens (tertiary/aromatic N) is 2. The van der Waals surface area contributed by atoms with Crippen LogP contribution in [0.5, 0.6) is 0 Å². The number of urea groups is 1. The molecule has 4 rings (SSSR count). The van der Waals surface area contributed by atoms with Crippen LogP contribution in [-0.4, -0.2) is 34.0 Å². The number of hydrogen-bond acceptors (Lipinski definition) is 4. The highest BCUT2D eigenvalue weighted by atomic mass is 79.9. The Morgan fingerprint density at radius 2 is 1.87 bits per heavy atom. The summed E-state index contributed by atoms with van der Waals surface area (Å²) in [4.78, 5) is 38.4. The van der Waals surface area contributed by atoms with E-state index in [0.29, 0.717) is 6.61 Å². The molecular formula is C23H20BrN3O4. The average molecular weight is 482 g/mol. The van der Waals surface area contributed by atoms with E-state index < -0.39 is 11.9 Å². The van der Waals surface area contributed by atoms with Crippen molar-refractivity contribution in [1.29, 1.82) is 0 Å². The molecule has 1 aliphatic heterocycles. The molecule has 3 aromatic rings. The van der Waals surface area contributed by atoms with Gasteiger partial charge in [0, 0.05) is 27.1 Å². The summed E-state index contributed by atoms with van der Waals surface area (Å²) in [6, 6.07) is 14.5. The molecule has 0 saturated carbocycles. The number of aromatic nitrogens is 1. The Morgan fingerprint density at radius 3 is 2.61 bits per heavy atom. The molecule has 7 nitrogen and oxygen atoms in total. The summed E-state index contributed by atoms with van der Waals surface area (Å²) >= 11 is 3.37. The molecule has 8 heteroatoms. The number of imide groups is 1. The molecule has 0 radical (unpaired) electrons. The van der Waals surface area contributed by atoms with Gasteiger partial charge in [0.15, 0.2) is 0 Å². The average Bonchev–Trinajstić information content (AvgIpc) is 3.22. The Bertz CT molecular complexity index is 1200. The molecule has 0 spiro atoms. The molecule has 1 saturated heterocycles. The van der Waals surface area contributed by atoms with Crippen molar-refractivity contribution in [2.24, 2.45) is 0 Å². The second-order valence-corrected chi connectivity index (χ2v) is 7.96. The molecular weight excluding hydrogens is 462 g/mol. The first kappa shape index (κ1) is 20.9. The predicted molar refractivity (Wildman–Crippen MR) is 120 cm³/mol. The smallest absolute Gasteiger partial charge is 0.329 e. The second kappa shape index (κ2) is 8.77. The summed E-state index contributed by atoms with van der Waals surface area (Å²) in [5.74, 6) is -0.733. The molecule has 0 atom stereocenters. The van der Waals surface area contributed by atoms with Crippen LogP contribution in [-0.2, 0) is 27.4 Å². The van der Waals surface area contributed by atoms with Crippen molar-refractivity contribution in [1.82, 2.24) is 14.8 Å². The van der Waals surface area contributed by atoms with Gasteiger partial charge in [-0.3, -0.25) is 14.5 Å². The molecule has 2 aromatic carbocycles. The van der Waals surface area contributed by atoms with E-state index in [1.807, 2.05) is 48.5 Å². The van der Waals surface area contributed by atoms with Crippen LogP contribution in [0, 0.1) is 0 Å². The highest BCUT2D eigenvalue weighted by molar-refractivity contribution is 9.10. The van der Waals surface area contributed by atoms with Crippen molar-refractivity contribution in [3.8, 4) is 0 Å². The van der Waals surface area contributed by atoms with Gasteiger partial charge in [-0.2, -0.15) is 0 Å². The fourth-order valence-corrected chi connectivity index (χ4v) is 3.77. The summed E-state index contributed by atoms with van der Waals surface area (Å²) in [6.07, 6.45) is 3.43. The number of carbonyl (C=O) groups is 3. The number of para-hydroxylation sites is 1. The first-order chi connectivity index (χ1) is 15.0. The Balaban J connectivity index is 1.62. The van der Waals surface area contributed by atoms with Crippen molar-refractivity contribution in [2.75, 3.05) is 6.61 Å². The standard InChI is InChI=1S/C23H20BrN3O4/c1-2-31-21(28)14-26-13-16(18-5-3-4-6-20(18)26)11-19-22(29)27(23(30)25-19)12-15-7-9-17(24)10-8-15/h3-11,13H,2,12,14H2,1H3,(H,25,30)/b19-11+. The normalized spacial score (nSPS) is 15.0. The van der Waals surface area contributed by atoms with E-state index in [2.05, 4.69) is 21.2 Å². The van der Waals surface area contributed by atoms with Gasteiger partial charge in [-0.05, 0) is 36.8 Å². The lowest BCUT2D eigenvalue weighted by Crippen LogP contribution is -2.30. The van der Waals surface area contributed by atoms with E-state index in [1.54, 1.807) is 23.8 Å². The van der Waals surface area contributed by atoms with Gasteiger partial charge < -0.3 is 14.6 Å². The minimum absolute atomic E-state index is 0.0630. The van der Waals surface area contributed by atoms with Gasteiger partial charge in [-0.25, -0.2) is 4.79 Å². The molecule has 1 fully saturated rings. The fraction of sp³-hybridized carbons (Fsp3) is 0.174. The quantitative estimate of drug-likeness (QED) is 0.327. The van der Waals surface area contributed by atoms with Gasteiger partial charge in [0.2, 0.25) is 0 Å². The van der Waals surface area contributed by atoms with E-state index in [-0.39, 0.29) is 24.8 Å². The van der Waals surface area contributed by atoms with Gasteiger partial charge in [0.05, 0.1) is 13.2 Å². The van der Waals surface area contributed by atoms with Crippen molar-refractivity contribution >= 4 is 50.8 Å². The maximum absolute atomic E-state index is 12.9. The zero-order valence-electron chi connectivity index (χ0n) is 16.8. The molecule has 0 aliphatic carbocycles. The minimum atomic E-state index is -0.463. The Hall–Kier alpha value is -3.39. The number of ether oxygens (including phenoxy) is 1. The fourth-order valence-electron chi connectivity index (χ4n) is 3.51. The van der Waals surface area contributed by atoms with E-state index >= 15 is 0 Å². The van der Waals surface area contributed by atoms with Gasteiger partial charge >= 0.3 is 12.0 Å². The summed E-state index contributed by atoms with van der Waals surface area (Å²) in [7, 11) is 0. The number of nitrogens with one attached hydrogen (secondary N) is 1. The summed E-state index contributed by atoms with van der Waals surface area (Å²) in [6.45, 7) is 2.31. The van der Waals surface area contributed by atoms with Crippen LogP contribution in [0.15, 0.2) is 64.9 Å². The van der Waals surface area contributed by atoms with Gasteiger partial charge in [-0.1, -0.05) is 46.3 Å². The number of benzene rings is 2. The van der Waals surface area contributed by atoms with Crippen LogP contribution in [0.3, 0.4) is 0 Å². The largest absolute Gasteiger partial charge is 0.465 e. The lowest BCUT2D eigenvalue weighted by molar-refractivity contribution is -0.143. The van der Waals surface area contributed by atoms with Crippen LogP contribution >= 0.6 is 15.9 Å². The highest BCUT2D eigenvalue weighted by Gasteiger charge is 2.33. The maximum atomic E-state index is 12.9. The van der Waals surface area contributed by atoms with E-state index in [0.717, 1.165) is 26.5 Å². The highest BCUT2D eigenvalue weighted by Crippen LogP contribution is 2.25. The minimum Gasteiger partial charge on any atom is -0.465 e. The Kier molecular flexibility index (Phi) is 5.90. The van der Waals surface area contributed by atoms with Crippen molar-refractivity contribution < 1.29 is 19.1 Å². The summed E-state index contributed by atoms with van der Waals surface area (Å²) in [5.41, 5.74) is 2.61. The molecule has 3 amide bonds. The van der Waals surface area contributed by atoms with Gasteiger partial charge in [0.25, 0.3) is 5.91 Å². The number of carbonyl (C=O) groups excluding carboxylic acids is 3. The SMILES string of the molecule is CCOC(=O)Cn1cc(/C=C2/NC(=O)N(Cc3ccc(Br)cc3)C2=O)c2ccccc21. The molecule has 0 bridgehead atoms. The van der Waals surface area contributed by atoms with Gasteiger partial charge in [-0.15, -0.1) is 0 Å². The number of halogens is 1. The number of hydrogen-bond donors (Lipinski definition) is 1. The summed E-state index contributed by atoms with van der Waals surface area (Å²) < 4.78 is 7.75. The van der Waals surface area contributed by atoms with Crippen molar-refractivity contribution in [2.45, 2.75) is 20.0 Å². The second-order valence-electron chi connectivity index (χ2n) is 7.04. The van der Waals surface area contributed by atoms with E-state index in [9.17, 15) is 14.4 Å². The summed E-state index contributed by atoms with van der Waals surface area (Å²) in [5, 5.41) is 3.53. The number of amides is 3. The van der Waals surface area contributed by atoms with Crippen LogP contribution in [0.25, 0.3) is 17.0 Å². The maximum Gasteiger partial charge on any atom is 0.329 e. The molecule has 2 heterocycles.